The number of fused-ring (bicyclic) bond motifs is 1. The van der Waals surface area contributed by atoms with Gasteiger partial charge in [-0.25, -0.2) is 0 Å². The largest absolute Gasteiger partial charge is 0.323 e. The maximum absolute atomic E-state index is 12.0. The van der Waals surface area contributed by atoms with Gasteiger partial charge in [0.05, 0.1) is 11.3 Å². The molecule has 126 valence electrons. The number of hydrogen-bond acceptors (Lipinski definition) is 4. The third kappa shape index (κ3) is 3.55. The topological polar surface area (TPSA) is 92.6 Å². The lowest BCUT2D eigenvalue weighted by Crippen LogP contribution is -2.20. The maximum atomic E-state index is 12.0. The van der Waals surface area contributed by atoms with Gasteiger partial charge in [-0.15, -0.1) is 0 Å². The van der Waals surface area contributed by atoms with Gasteiger partial charge >= 0.3 is 0 Å². The molecule has 3 rings (SSSR count). The highest BCUT2D eigenvalue weighted by molar-refractivity contribution is 6.04. The highest BCUT2D eigenvalue weighted by Crippen LogP contribution is 2.29. The Morgan fingerprint density at radius 2 is 1.96 bits per heavy atom. The first-order chi connectivity index (χ1) is 11.9. The first-order valence-electron chi connectivity index (χ1n) is 7.57. The summed E-state index contributed by atoms with van der Waals surface area (Å²) in [6, 6.07) is 11.2. The van der Waals surface area contributed by atoms with E-state index in [4.69, 9.17) is 0 Å². The molecule has 1 aliphatic heterocycles. The second kappa shape index (κ2) is 6.56. The molecule has 0 saturated carbocycles. The first-order valence-corrected chi connectivity index (χ1v) is 7.57. The number of nitrogens with zero attached hydrogens (tertiary/aromatic N) is 2. The second-order valence-electron chi connectivity index (χ2n) is 5.64. The summed E-state index contributed by atoms with van der Waals surface area (Å²) >= 11 is 0. The van der Waals surface area contributed by atoms with Gasteiger partial charge in [0.25, 0.3) is 5.69 Å². The molecule has 2 aromatic rings. The van der Waals surface area contributed by atoms with Gasteiger partial charge in [0.15, 0.2) is 0 Å². The van der Waals surface area contributed by atoms with Gasteiger partial charge in [-0.3, -0.25) is 19.7 Å². The number of nitrogens with one attached hydrogen (secondary N) is 1. The third-order valence-electron chi connectivity index (χ3n) is 3.96. The van der Waals surface area contributed by atoms with Gasteiger partial charge in [-0.1, -0.05) is 0 Å². The van der Waals surface area contributed by atoms with E-state index in [-0.39, 0.29) is 17.5 Å². The second-order valence-corrected chi connectivity index (χ2v) is 5.64. The van der Waals surface area contributed by atoms with Crippen molar-refractivity contribution in [3.63, 3.8) is 0 Å². The maximum Gasteiger partial charge on any atom is 0.269 e. The van der Waals surface area contributed by atoms with E-state index in [0.717, 1.165) is 11.3 Å². The van der Waals surface area contributed by atoms with Crippen LogP contribution < -0.4 is 10.2 Å². The zero-order valence-electron chi connectivity index (χ0n) is 13.4. The molecule has 0 atom stereocenters. The van der Waals surface area contributed by atoms with E-state index < -0.39 is 4.92 Å². The lowest BCUT2D eigenvalue weighted by molar-refractivity contribution is -0.384. The van der Waals surface area contributed by atoms with Crippen molar-refractivity contribution in [1.82, 2.24) is 0 Å². The number of amides is 2. The highest BCUT2D eigenvalue weighted by Gasteiger charge is 2.23. The third-order valence-corrected chi connectivity index (χ3v) is 3.96. The molecule has 1 heterocycles. The molecule has 25 heavy (non-hydrogen) atoms. The van der Waals surface area contributed by atoms with Gasteiger partial charge in [0.2, 0.25) is 11.8 Å². The van der Waals surface area contributed by atoms with Crippen molar-refractivity contribution in [1.29, 1.82) is 0 Å². The van der Waals surface area contributed by atoms with Gasteiger partial charge in [0, 0.05) is 36.6 Å². The number of nitro benzene ring substituents is 1. The van der Waals surface area contributed by atoms with Crippen molar-refractivity contribution in [2.24, 2.45) is 0 Å². The van der Waals surface area contributed by atoms with Crippen LogP contribution in [0.4, 0.5) is 17.1 Å². The summed E-state index contributed by atoms with van der Waals surface area (Å²) in [6.07, 6.45) is 3.25. The molecule has 0 fully saturated rings. The van der Waals surface area contributed by atoms with Crippen LogP contribution in [0.3, 0.4) is 0 Å². The number of likely N-dealkylation sites (N-methyl/N-ethyl adjacent to an activating group) is 1. The van der Waals surface area contributed by atoms with Crippen LogP contribution in [0.15, 0.2) is 48.5 Å². The van der Waals surface area contributed by atoms with E-state index in [1.807, 2.05) is 0 Å². The fourth-order valence-corrected chi connectivity index (χ4v) is 2.61. The summed E-state index contributed by atoms with van der Waals surface area (Å²) in [5.41, 5.74) is 3.02. The minimum atomic E-state index is -0.476. The standard InChI is InChI=1S/C18H15N3O4/c1-20-16-8-5-14(10-13(16)11-18(20)23)19-17(22)9-4-12-2-6-15(7-3-12)21(24)25/h2-10H,11H2,1H3,(H,19,22)/b9-4+. The molecular weight excluding hydrogens is 322 g/mol. The van der Waals surface area contributed by atoms with Gasteiger partial charge in [0.1, 0.15) is 0 Å². The van der Waals surface area contributed by atoms with E-state index in [2.05, 4.69) is 5.32 Å². The molecule has 7 heteroatoms. The molecule has 7 nitrogen and oxygen atoms in total. The molecule has 0 spiro atoms. The fourth-order valence-electron chi connectivity index (χ4n) is 2.61. The van der Waals surface area contributed by atoms with E-state index in [1.165, 1.54) is 18.2 Å². The van der Waals surface area contributed by atoms with Crippen LogP contribution in [0.2, 0.25) is 0 Å². The zero-order chi connectivity index (χ0) is 18.0. The van der Waals surface area contributed by atoms with Gasteiger partial charge in [-0.05, 0) is 47.5 Å². The van der Waals surface area contributed by atoms with Crippen molar-refractivity contribution in [3.8, 4) is 0 Å². The molecule has 0 aliphatic carbocycles. The van der Waals surface area contributed by atoms with Crippen molar-refractivity contribution >= 4 is 35.0 Å². The molecule has 0 bridgehead atoms. The first kappa shape index (κ1) is 16.4. The molecule has 0 radical (unpaired) electrons. The van der Waals surface area contributed by atoms with Crippen molar-refractivity contribution in [2.45, 2.75) is 6.42 Å². The van der Waals surface area contributed by atoms with Gasteiger partial charge < -0.3 is 10.2 Å². The Morgan fingerprint density at radius 3 is 2.64 bits per heavy atom. The van der Waals surface area contributed by atoms with Crippen LogP contribution >= 0.6 is 0 Å². The SMILES string of the molecule is CN1C(=O)Cc2cc(NC(=O)/C=C/c3ccc([N+](=O)[O-])cc3)ccc21. The van der Waals surface area contributed by atoms with Crippen LogP contribution in [0.5, 0.6) is 0 Å². The quantitative estimate of drug-likeness (QED) is 0.527. The van der Waals surface area contributed by atoms with Crippen LogP contribution in [-0.4, -0.2) is 23.8 Å². The van der Waals surface area contributed by atoms with Crippen LogP contribution in [0.25, 0.3) is 6.08 Å². The number of benzene rings is 2. The predicted molar refractivity (Wildman–Crippen MR) is 94.3 cm³/mol. The van der Waals surface area contributed by atoms with Crippen LogP contribution in [0, 0.1) is 10.1 Å². The lowest BCUT2D eigenvalue weighted by Gasteiger charge is -2.10. The number of rotatable bonds is 4. The van der Waals surface area contributed by atoms with Crippen LogP contribution in [-0.2, 0) is 16.0 Å². The van der Waals surface area contributed by atoms with E-state index in [9.17, 15) is 19.7 Å². The number of non-ortho nitro benzene ring substituents is 1. The minimum Gasteiger partial charge on any atom is -0.323 e. The van der Waals surface area contributed by atoms with Gasteiger partial charge in [-0.2, -0.15) is 0 Å². The molecule has 1 N–H and O–H groups in total. The highest BCUT2D eigenvalue weighted by atomic mass is 16.6. The average molecular weight is 337 g/mol. The Balaban J connectivity index is 1.66. The number of carbonyl (C=O) groups excluding carboxylic acids is 2. The molecule has 0 saturated heterocycles. The summed E-state index contributed by atoms with van der Waals surface area (Å²) < 4.78 is 0. The Labute approximate surface area is 143 Å². The van der Waals surface area contributed by atoms with Crippen molar-refractivity contribution in [3.05, 3.63) is 69.8 Å². The summed E-state index contributed by atoms with van der Waals surface area (Å²) in [6.45, 7) is 0. The Bertz CT molecular complexity index is 888. The predicted octanol–water partition coefficient (Wildman–Crippen LogP) is 2.77. The number of carbonyl (C=O) groups is 2. The molecular formula is C18H15N3O4. The molecule has 2 aromatic carbocycles. The Hall–Kier alpha value is -3.48. The number of nitro groups is 1. The van der Waals surface area contributed by atoms with E-state index in [0.29, 0.717) is 17.7 Å². The average Bonchev–Trinajstić information content (AvgIpc) is 2.87. The minimum absolute atomic E-state index is 0.000687. The molecule has 0 unspecified atom stereocenters. The zero-order valence-corrected chi connectivity index (χ0v) is 13.4. The lowest BCUT2D eigenvalue weighted by atomic mass is 10.1. The summed E-state index contributed by atoms with van der Waals surface area (Å²) in [5.74, 6) is -0.299. The smallest absolute Gasteiger partial charge is 0.269 e. The van der Waals surface area contributed by atoms with Crippen molar-refractivity contribution < 1.29 is 14.5 Å². The summed E-state index contributed by atoms with van der Waals surface area (Å²) in [5, 5.41) is 13.3. The normalized spacial score (nSPS) is 13.2. The number of hydrogen-bond donors (Lipinski definition) is 1. The van der Waals surface area contributed by atoms with E-state index >= 15 is 0 Å². The monoisotopic (exact) mass is 337 g/mol. The van der Waals surface area contributed by atoms with E-state index in [1.54, 1.807) is 48.4 Å². The van der Waals surface area contributed by atoms with Crippen LogP contribution in [0.1, 0.15) is 11.1 Å². The molecule has 1 aliphatic rings. The fraction of sp³-hybridized carbons (Fsp3) is 0.111. The Kier molecular flexibility index (Phi) is 4.30. The van der Waals surface area contributed by atoms with Crippen molar-refractivity contribution in [2.75, 3.05) is 17.3 Å². The number of anilines is 2. The summed E-state index contributed by atoms with van der Waals surface area (Å²) in [4.78, 5) is 35.4. The molecule has 0 aromatic heterocycles. The Morgan fingerprint density at radius 1 is 1.24 bits per heavy atom. The molecule has 2 amide bonds. The summed E-state index contributed by atoms with van der Waals surface area (Å²) in [7, 11) is 1.72.